The fourth-order valence-electron chi connectivity index (χ4n) is 2.75. The predicted molar refractivity (Wildman–Crippen MR) is 73.9 cm³/mol. The lowest BCUT2D eigenvalue weighted by Crippen LogP contribution is -2.40. The van der Waals surface area contributed by atoms with Crippen molar-refractivity contribution in [2.24, 2.45) is 11.8 Å². The van der Waals surface area contributed by atoms with Gasteiger partial charge in [0.25, 0.3) is 0 Å². The van der Waals surface area contributed by atoms with E-state index in [2.05, 4.69) is 12.2 Å². The van der Waals surface area contributed by atoms with Gasteiger partial charge in [-0.1, -0.05) is 13.8 Å². The van der Waals surface area contributed by atoms with Gasteiger partial charge in [0.05, 0.1) is 0 Å². The van der Waals surface area contributed by atoms with E-state index in [1.807, 2.05) is 4.90 Å². The van der Waals surface area contributed by atoms with Crippen molar-refractivity contribution in [3.8, 4) is 0 Å². The van der Waals surface area contributed by atoms with E-state index in [1.54, 1.807) is 6.92 Å². The summed E-state index contributed by atoms with van der Waals surface area (Å²) in [5.74, 6) is 0.196. The molecule has 1 N–H and O–H groups in total. The Hall–Kier alpha value is -1.59. The van der Waals surface area contributed by atoms with Crippen LogP contribution in [0.3, 0.4) is 0 Å². The predicted octanol–water partition coefficient (Wildman–Crippen LogP) is 0.823. The van der Waals surface area contributed by atoms with E-state index >= 15 is 0 Å². The van der Waals surface area contributed by atoms with Crippen molar-refractivity contribution in [1.82, 2.24) is 15.1 Å². The van der Waals surface area contributed by atoms with Crippen LogP contribution in [0.25, 0.3) is 0 Å². The zero-order valence-corrected chi connectivity index (χ0v) is 12.2. The molecule has 20 heavy (non-hydrogen) atoms. The Balaban J connectivity index is 1.65. The minimum atomic E-state index is -0.192. The van der Waals surface area contributed by atoms with Crippen LogP contribution >= 0.6 is 0 Å². The van der Waals surface area contributed by atoms with E-state index in [-0.39, 0.29) is 23.8 Å². The van der Waals surface area contributed by atoms with Crippen molar-refractivity contribution in [3.05, 3.63) is 0 Å². The van der Waals surface area contributed by atoms with Crippen LogP contribution in [0.15, 0.2) is 0 Å². The molecule has 0 radical (unpaired) electrons. The van der Waals surface area contributed by atoms with E-state index in [0.29, 0.717) is 31.8 Å². The number of urea groups is 1. The highest BCUT2D eigenvalue weighted by Gasteiger charge is 2.34. The molecule has 2 heterocycles. The third-order valence-corrected chi connectivity index (χ3v) is 4.02. The number of likely N-dealkylation sites (tertiary alicyclic amines) is 2. The van der Waals surface area contributed by atoms with Crippen LogP contribution in [0.5, 0.6) is 0 Å². The van der Waals surface area contributed by atoms with Gasteiger partial charge in [-0.15, -0.1) is 0 Å². The largest absolute Gasteiger partial charge is 0.338 e. The lowest BCUT2D eigenvalue weighted by Gasteiger charge is -2.18. The molecular formula is C14H23N3O3. The van der Waals surface area contributed by atoms with Gasteiger partial charge in [0.15, 0.2) is 0 Å². The molecule has 112 valence electrons. The molecule has 0 aliphatic carbocycles. The first-order chi connectivity index (χ1) is 9.49. The monoisotopic (exact) mass is 281 g/mol. The molecule has 6 nitrogen and oxygen atoms in total. The maximum absolute atomic E-state index is 11.8. The molecule has 2 saturated heterocycles. The quantitative estimate of drug-likeness (QED) is 0.613. The van der Waals surface area contributed by atoms with Crippen LogP contribution in [0.2, 0.25) is 0 Å². The Morgan fingerprint density at radius 2 is 2.10 bits per heavy atom. The number of carbonyl (C=O) groups excluding carboxylic acids is 3. The van der Waals surface area contributed by atoms with Gasteiger partial charge in [0.2, 0.25) is 11.8 Å². The van der Waals surface area contributed by atoms with Gasteiger partial charge in [0, 0.05) is 38.5 Å². The average molecular weight is 281 g/mol. The molecule has 0 aromatic heterocycles. The molecule has 6 heteroatoms. The van der Waals surface area contributed by atoms with Crippen molar-refractivity contribution < 1.29 is 14.4 Å². The van der Waals surface area contributed by atoms with Crippen LogP contribution in [0, 0.1) is 11.8 Å². The highest BCUT2D eigenvalue weighted by Crippen LogP contribution is 2.18. The van der Waals surface area contributed by atoms with E-state index in [1.165, 1.54) is 4.90 Å². The van der Waals surface area contributed by atoms with Crippen LogP contribution in [0.4, 0.5) is 4.79 Å². The van der Waals surface area contributed by atoms with Crippen LogP contribution in [-0.4, -0.2) is 53.8 Å². The molecule has 4 amide bonds. The van der Waals surface area contributed by atoms with Crippen molar-refractivity contribution in [2.45, 2.75) is 33.1 Å². The maximum atomic E-state index is 11.8. The Morgan fingerprint density at radius 1 is 1.35 bits per heavy atom. The number of hydrogen-bond donors (Lipinski definition) is 1. The number of hydrogen-bond acceptors (Lipinski definition) is 3. The fourth-order valence-corrected chi connectivity index (χ4v) is 2.75. The summed E-state index contributed by atoms with van der Waals surface area (Å²) in [6, 6.07) is -0.0400. The first kappa shape index (κ1) is 14.8. The standard InChI is InChI=1S/C14H23N3O3/c1-10-4-7-16(9-10)14(20)15-5-3-6-17-12(18)8-11(2)13(17)19/h10-11H,3-9H2,1-2H3,(H,15,20)/t10-,11?/m0/s1. The van der Waals surface area contributed by atoms with E-state index in [4.69, 9.17) is 0 Å². The highest BCUT2D eigenvalue weighted by molar-refractivity contribution is 6.03. The summed E-state index contributed by atoms with van der Waals surface area (Å²) in [6.07, 6.45) is 1.98. The minimum Gasteiger partial charge on any atom is -0.338 e. The summed E-state index contributed by atoms with van der Waals surface area (Å²) in [7, 11) is 0. The number of nitrogens with zero attached hydrogens (tertiary/aromatic N) is 2. The zero-order valence-electron chi connectivity index (χ0n) is 12.2. The van der Waals surface area contributed by atoms with Gasteiger partial charge >= 0.3 is 6.03 Å². The second-order valence-electron chi connectivity index (χ2n) is 5.91. The molecule has 2 rings (SSSR count). The molecule has 1 unspecified atom stereocenters. The second-order valence-corrected chi connectivity index (χ2v) is 5.91. The fraction of sp³-hybridized carbons (Fsp3) is 0.786. The number of amides is 4. The van der Waals surface area contributed by atoms with E-state index in [9.17, 15) is 14.4 Å². The molecular weight excluding hydrogens is 258 g/mol. The maximum Gasteiger partial charge on any atom is 0.317 e. The third kappa shape index (κ3) is 3.29. The van der Waals surface area contributed by atoms with Crippen molar-refractivity contribution in [2.75, 3.05) is 26.2 Å². The number of rotatable bonds is 4. The molecule has 0 saturated carbocycles. The second kappa shape index (κ2) is 6.24. The number of carbonyl (C=O) groups is 3. The van der Waals surface area contributed by atoms with E-state index < -0.39 is 0 Å². The number of nitrogens with one attached hydrogen (secondary N) is 1. The first-order valence-corrected chi connectivity index (χ1v) is 7.36. The van der Waals surface area contributed by atoms with Crippen LogP contribution < -0.4 is 5.32 Å². The van der Waals surface area contributed by atoms with Gasteiger partial charge in [-0.05, 0) is 18.8 Å². The highest BCUT2D eigenvalue weighted by atomic mass is 16.2. The summed E-state index contributed by atoms with van der Waals surface area (Å²) in [6.45, 7) is 6.43. The van der Waals surface area contributed by atoms with Crippen molar-refractivity contribution in [3.63, 3.8) is 0 Å². The number of imide groups is 1. The topological polar surface area (TPSA) is 69.7 Å². The first-order valence-electron chi connectivity index (χ1n) is 7.36. The van der Waals surface area contributed by atoms with Crippen molar-refractivity contribution >= 4 is 17.8 Å². The summed E-state index contributed by atoms with van der Waals surface area (Å²) in [5.41, 5.74) is 0. The summed E-state index contributed by atoms with van der Waals surface area (Å²) in [5, 5.41) is 2.85. The Morgan fingerprint density at radius 3 is 2.65 bits per heavy atom. The van der Waals surface area contributed by atoms with Crippen LogP contribution in [-0.2, 0) is 9.59 Å². The molecule has 2 aliphatic rings. The third-order valence-electron chi connectivity index (χ3n) is 4.02. The molecule has 2 atom stereocenters. The Labute approximate surface area is 119 Å². The lowest BCUT2D eigenvalue weighted by molar-refractivity contribution is -0.139. The summed E-state index contributed by atoms with van der Waals surface area (Å²) < 4.78 is 0. The zero-order chi connectivity index (χ0) is 14.7. The van der Waals surface area contributed by atoms with Crippen molar-refractivity contribution in [1.29, 1.82) is 0 Å². The molecule has 2 fully saturated rings. The molecule has 0 aromatic carbocycles. The Kier molecular flexibility index (Phi) is 4.62. The van der Waals surface area contributed by atoms with Gasteiger partial charge in [-0.25, -0.2) is 4.79 Å². The molecule has 0 aromatic rings. The normalized spacial score (nSPS) is 26.5. The van der Waals surface area contributed by atoms with Gasteiger partial charge in [0.1, 0.15) is 0 Å². The van der Waals surface area contributed by atoms with Gasteiger partial charge in [-0.2, -0.15) is 0 Å². The minimum absolute atomic E-state index is 0.0400. The summed E-state index contributed by atoms with van der Waals surface area (Å²) >= 11 is 0. The smallest absolute Gasteiger partial charge is 0.317 e. The van der Waals surface area contributed by atoms with E-state index in [0.717, 1.165) is 19.5 Å². The molecule has 0 spiro atoms. The van der Waals surface area contributed by atoms with Crippen LogP contribution in [0.1, 0.15) is 33.1 Å². The molecule has 2 aliphatic heterocycles. The Bertz CT molecular complexity index is 410. The summed E-state index contributed by atoms with van der Waals surface area (Å²) in [4.78, 5) is 38.2. The molecule has 0 bridgehead atoms. The lowest BCUT2D eigenvalue weighted by atomic mass is 10.1. The SMILES string of the molecule is CC1CC(=O)N(CCCNC(=O)N2CC[C@H](C)C2)C1=O. The van der Waals surface area contributed by atoms with Gasteiger partial charge in [-0.3, -0.25) is 14.5 Å². The average Bonchev–Trinajstić information content (AvgIpc) is 2.92. The van der Waals surface area contributed by atoms with Gasteiger partial charge < -0.3 is 10.2 Å².